The van der Waals surface area contributed by atoms with Crippen molar-refractivity contribution in [2.75, 3.05) is 19.7 Å². The molecule has 4 nitrogen and oxygen atoms in total. The molecule has 3 aliphatic rings. The highest BCUT2D eigenvalue weighted by Gasteiger charge is 2.42. The zero-order chi connectivity index (χ0) is 15.8. The van der Waals surface area contributed by atoms with Crippen LogP contribution in [0.15, 0.2) is 24.3 Å². The van der Waals surface area contributed by atoms with Gasteiger partial charge < -0.3 is 10.1 Å². The minimum Gasteiger partial charge on any atom is -0.375 e. The lowest BCUT2D eigenvalue weighted by Crippen LogP contribution is -2.47. The van der Waals surface area contributed by atoms with Gasteiger partial charge in [-0.05, 0) is 42.9 Å². The number of morpholine rings is 1. The van der Waals surface area contributed by atoms with Gasteiger partial charge in [-0.2, -0.15) is 0 Å². The van der Waals surface area contributed by atoms with Gasteiger partial charge in [-0.25, -0.2) is 0 Å². The van der Waals surface area contributed by atoms with Crippen molar-refractivity contribution in [2.45, 2.75) is 43.9 Å². The number of rotatable bonds is 4. The van der Waals surface area contributed by atoms with E-state index in [1.54, 1.807) is 0 Å². The van der Waals surface area contributed by atoms with Crippen LogP contribution in [0.4, 0.5) is 0 Å². The average molecular weight is 335 g/mol. The van der Waals surface area contributed by atoms with E-state index in [1.807, 2.05) is 24.3 Å². The summed E-state index contributed by atoms with van der Waals surface area (Å²) in [5.74, 6) is 0.865. The van der Waals surface area contributed by atoms with Gasteiger partial charge in [0.25, 0.3) is 0 Å². The molecule has 2 aliphatic heterocycles. The summed E-state index contributed by atoms with van der Waals surface area (Å²) in [5.41, 5.74) is 0.961. The Balaban J connectivity index is 1.29. The molecule has 0 radical (unpaired) electrons. The van der Waals surface area contributed by atoms with Crippen LogP contribution >= 0.6 is 11.6 Å². The third kappa shape index (κ3) is 3.70. The van der Waals surface area contributed by atoms with Gasteiger partial charge in [0.05, 0.1) is 19.1 Å². The Bertz CT molecular complexity index is 590. The zero-order valence-electron chi connectivity index (χ0n) is 13.2. The number of carbonyl (C=O) groups excluding carboxylic acids is 1. The lowest BCUT2D eigenvalue weighted by atomic mass is 10.1. The number of fused-ring (bicyclic) bond motifs is 1. The van der Waals surface area contributed by atoms with Gasteiger partial charge in [-0.3, -0.25) is 9.69 Å². The Hall–Kier alpha value is -1.10. The zero-order valence-corrected chi connectivity index (χ0v) is 14.0. The Morgan fingerprint density at radius 2 is 2.22 bits per heavy atom. The van der Waals surface area contributed by atoms with Gasteiger partial charge in [0, 0.05) is 30.2 Å². The van der Waals surface area contributed by atoms with E-state index in [1.165, 1.54) is 12.8 Å². The molecule has 3 fully saturated rings. The molecule has 1 saturated carbocycles. The summed E-state index contributed by atoms with van der Waals surface area (Å²) in [4.78, 5) is 14.8. The maximum Gasteiger partial charge on any atom is 0.224 e. The van der Waals surface area contributed by atoms with Crippen molar-refractivity contribution in [2.24, 2.45) is 5.92 Å². The van der Waals surface area contributed by atoms with E-state index in [0.717, 1.165) is 37.6 Å². The predicted molar refractivity (Wildman–Crippen MR) is 89.5 cm³/mol. The molecule has 0 aromatic heterocycles. The maximum atomic E-state index is 12.3. The molecule has 23 heavy (non-hydrogen) atoms. The van der Waals surface area contributed by atoms with Crippen LogP contribution < -0.4 is 5.32 Å². The quantitative estimate of drug-likeness (QED) is 0.918. The van der Waals surface area contributed by atoms with Gasteiger partial charge in [0.1, 0.15) is 0 Å². The summed E-state index contributed by atoms with van der Waals surface area (Å²) < 4.78 is 6.01. The Kier molecular flexibility index (Phi) is 4.31. The molecular weight excluding hydrogens is 312 g/mol. The molecule has 2 saturated heterocycles. The number of benzene rings is 1. The van der Waals surface area contributed by atoms with Crippen LogP contribution in [0.3, 0.4) is 0 Å². The molecular formula is C18H23ClN2O2. The van der Waals surface area contributed by atoms with Crippen LogP contribution in [-0.2, 0) is 16.0 Å². The van der Waals surface area contributed by atoms with Crippen molar-refractivity contribution in [3.8, 4) is 0 Å². The molecule has 3 atom stereocenters. The second-order valence-electron chi connectivity index (χ2n) is 7.12. The molecule has 1 aromatic carbocycles. The fourth-order valence-corrected chi connectivity index (χ4v) is 4.08. The molecule has 1 N–H and O–H groups in total. The number of halogens is 1. The fourth-order valence-electron chi connectivity index (χ4n) is 3.87. The van der Waals surface area contributed by atoms with Crippen LogP contribution in [0.1, 0.15) is 24.8 Å². The van der Waals surface area contributed by atoms with Gasteiger partial charge in [0.15, 0.2) is 0 Å². The summed E-state index contributed by atoms with van der Waals surface area (Å²) >= 11 is 5.97. The summed E-state index contributed by atoms with van der Waals surface area (Å²) in [6, 6.07) is 8.23. The Morgan fingerprint density at radius 3 is 3.00 bits per heavy atom. The van der Waals surface area contributed by atoms with E-state index >= 15 is 0 Å². The van der Waals surface area contributed by atoms with Crippen molar-refractivity contribution in [3.63, 3.8) is 0 Å². The summed E-state index contributed by atoms with van der Waals surface area (Å²) in [5, 5.41) is 3.86. The monoisotopic (exact) mass is 334 g/mol. The van der Waals surface area contributed by atoms with E-state index in [0.29, 0.717) is 23.6 Å². The molecule has 0 spiro atoms. The number of ether oxygens (including phenoxy) is 1. The number of nitrogens with zero attached hydrogens (tertiary/aromatic N) is 1. The summed E-state index contributed by atoms with van der Waals surface area (Å²) in [7, 11) is 0. The molecule has 1 aliphatic carbocycles. The minimum absolute atomic E-state index is 0.0803. The SMILES string of the molecule is O=C(Cc1cccc(Cl)c1)N[C@H]1C[C@H]2CO[C@H](C3CC3)CN2C1. The highest BCUT2D eigenvalue weighted by Crippen LogP contribution is 2.37. The third-order valence-corrected chi connectivity index (χ3v) is 5.45. The van der Waals surface area contributed by atoms with Gasteiger partial charge in [0.2, 0.25) is 5.91 Å². The van der Waals surface area contributed by atoms with Crippen molar-refractivity contribution >= 4 is 17.5 Å². The fraction of sp³-hybridized carbons (Fsp3) is 0.611. The second kappa shape index (κ2) is 6.42. The van der Waals surface area contributed by atoms with E-state index in [4.69, 9.17) is 16.3 Å². The average Bonchev–Trinajstić information content (AvgIpc) is 3.27. The van der Waals surface area contributed by atoms with Crippen LogP contribution in [-0.4, -0.2) is 48.7 Å². The largest absolute Gasteiger partial charge is 0.375 e. The lowest BCUT2D eigenvalue weighted by Gasteiger charge is -2.35. The minimum atomic E-state index is 0.0803. The van der Waals surface area contributed by atoms with Crippen molar-refractivity contribution in [1.82, 2.24) is 10.2 Å². The first-order valence-corrected chi connectivity index (χ1v) is 8.94. The predicted octanol–water partition coefficient (Wildman–Crippen LogP) is 2.25. The molecule has 1 aromatic rings. The molecule has 0 unspecified atom stereocenters. The standard InChI is InChI=1S/C18H23ClN2O2/c19-14-3-1-2-12(6-14)7-18(22)20-15-8-16-11-23-17(13-4-5-13)10-21(16)9-15/h1-3,6,13,15-17H,4-5,7-11H2,(H,20,22)/t15-,16-,17-/m0/s1. The van der Waals surface area contributed by atoms with Crippen LogP contribution in [0.5, 0.6) is 0 Å². The van der Waals surface area contributed by atoms with Crippen LogP contribution in [0.25, 0.3) is 0 Å². The molecule has 1 amide bonds. The van der Waals surface area contributed by atoms with Crippen LogP contribution in [0.2, 0.25) is 5.02 Å². The first kappa shape index (κ1) is 15.4. The normalized spacial score (nSPS) is 30.9. The van der Waals surface area contributed by atoms with E-state index in [-0.39, 0.29) is 11.9 Å². The smallest absolute Gasteiger partial charge is 0.224 e. The van der Waals surface area contributed by atoms with E-state index in [2.05, 4.69) is 10.2 Å². The highest BCUT2D eigenvalue weighted by atomic mass is 35.5. The number of hydrogen-bond acceptors (Lipinski definition) is 3. The molecule has 5 heteroatoms. The first-order valence-electron chi connectivity index (χ1n) is 8.57. The van der Waals surface area contributed by atoms with E-state index in [9.17, 15) is 4.79 Å². The highest BCUT2D eigenvalue weighted by molar-refractivity contribution is 6.30. The molecule has 0 bridgehead atoms. The van der Waals surface area contributed by atoms with Crippen LogP contribution in [0, 0.1) is 5.92 Å². The second-order valence-corrected chi connectivity index (χ2v) is 7.56. The van der Waals surface area contributed by atoms with Gasteiger partial charge in [-0.1, -0.05) is 23.7 Å². The Labute approximate surface area is 142 Å². The van der Waals surface area contributed by atoms with Gasteiger partial charge >= 0.3 is 0 Å². The number of amides is 1. The van der Waals surface area contributed by atoms with Crippen molar-refractivity contribution in [3.05, 3.63) is 34.9 Å². The molecule has 4 rings (SSSR count). The number of nitrogens with one attached hydrogen (secondary N) is 1. The maximum absolute atomic E-state index is 12.3. The molecule has 2 heterocycles. The first-order chi connectivity index (χ1) is 11.2. The van der Waals surface area contributed by atoms with E-state index < -0.39 is 0 Å². The topological polar surface area (TPSA) is 41.6 Å². The molecule has 124 valence electrons. The van der Waals surface area contributed by atoms with Crippen molar-refractivity contribution in [1.29, 1.82) is 0 Å². The Morgan fingerprint density at radius 1 is 1.35 bits per heavy atom. The van der Waals surface area contributed by atoms with Gasteiger partial charge in [-0.15, -0.1) is 0 Å². The van der Waals surface area contributed by atoms with Crippen molar-refractivity contribution < 1.29 is 9.53 Å². The number of carbonyl (C=O) groups is 1. The summed E-state index contributed by atoms with van der Waals surface area (Å²) in [6.07, 6.45) is 4.46. The lowest BCUT2D eigenvalue weighted by molar-refractivity contribution is -0.121. The summed E-state index contributed by atoms with van der Waals surface area (Å²) in [6.45, 7) is 2.82. The third-order valence-electron chi connectivity index (χ3n) is 5.21. The number of hydrogen-bond donors (Lipinski definition) is 1.